The summed E-state index contributed by atoms with van der Waals surface area (Å²) in [6.45, 7) is 0.0283. The number of aromatic hydroxyl groups is 1. The molecule has 0 aromatic heterocycles. The number of rotatable bonds is 2. The molecule has 1 atom stereocenters. The summed E-state index contributed by atoms with van der Waals surface area (Å²) in [5.41, 5.74) is -0.378. The second kappa shape index (κ2) is 4.43. The maximum atomic E-state index is 11.5. The van der Waals surface area contributed by atoms with Crippen molar-refractivity contribution in [3.63, 3.8) is 0 Å². The predicted molar refractivity (Wildman–Crippen MR) is 62.7 cm³/mol. The zero-order chi connectivity index (χ0) is 13.4. The fourth-order valence-corrected chi connectivity index (χ4v) is 2.04. The first-order valence-corrected chi connectivity index (χ1v) is 5.43. The van der Waals surface area contributed by atoms with Crippen molar-refractivity contribution >= 4 is 28.9 Å². The van der Waals surface area contributed by atoms with E-state index in [1.165, 1.54) is 0 Å². The van der Waals surface area contributed by atoms with Gasteiger partial charge in [-0.3, -0.25) is 14.9 Å². The van der Waals surface area contributed by atoms with Crippen molar-refractivity contribution in [3.8, 4) is 5.75 Å². The van der Waals surface area contributed by atoms with Gasteiger partial charge in [-0.05, 0) is 6.07 Å². The SMILES string of the molecule is O=C1CC(O)CN1c1cc(Cl)c([N+](=O)[O-])cc1O. The first-order valence-electron chi connectivity index (χ1n) is 5.05. The third kappa shape index (κ3) is 2.09. The lowest BCUT2D eigenvalue weighted by Gasteiger charge is -2.17. The van der Waals surface area contributed by atoms with Gasteiger partial charge in [0.25, 0.3) is 5.69 Å². The van der Waals surface area contributed by atoms with Crippen LogP contribution in [0.5, 0.6) is 5.75 Å². The van der Waals surface area contributed by atoms with Crippen LogP contribution in [0, 0.1) is 10.1 Å². The minimum absolute atomic E-state index is 0.0283. The maximum Gasteiger partial charge on any atom is 0.291 e. The van der Waals surface area contributed by atoms with E-state index in [2.05, 4.69) is 0 Å². The van der Waals surface area contributed by atoms with E-state index in [4.69, 9.17) is 11.6 Å². The van der Waals surface area contributed by atoms with Gasteiger partial charge in [-0.2, -0.15) is 0 Å². The number of halogens is 1. The number of nitro benzene ring substituents is 1. The number of hydrogen-bond acceptors (Lipinski definition) is 5. The standard InChI is InChI=1S/C10H9ClN2O5/c11-6-2-8(9(15)3-7(6)13(17)18)12-4-5(14)1-10(12)16/h2-3,5,14-15H,1,4H2. The molecule has 2 N–H and O–H groups in total. The van der Waals surface area contributed by atoms with Crippen LogP contribution in [0.1, 0.15) is 6.42 Å². The second-order valence-electron chi connectivity index (χ2n) is 3.91. The molecule has 1 unspecified atom stereocenters. The molecule has 1 heterocycles. The highest BCUT2D eigenvalue weighted by Crippen LogP contribution is 2.38. The third-order valence-electron chi connectivity index (χ3n) is 2.64. The molecule has 1 aliphatic heterocycles. The largest absolute Gasteiger partial charge is 0.505 e. The van der Waals surface area contributed by atoms with Crippen LogP contribution in [-0.4, -0.2) is 33.7 Å². The van der Waals surface area contributed by atoms with Crippen LogP contribution in [0.3, 0.4) is 0 Å². The Balaban J connectivity index is 2.44. The number of amides is 1. The average molecular weight is 273 g/mol. The second-order valence-corrected chi connectivity index (χ2v) is 4.32. The summed E-state index contributed by atoms with van der Waals surface area (Å²) in [4.78, 5) is 22.6. The molecule has 7 nitrogen and oxygen atoms in total. The Morgan fingerprint density at radius 2 is 2.17 bits per heavy atom. The minimum Gasteiger partial charge on any atom is -0.505 e. The highest BCUT2D eigenvalue weighted by atomic mass is 35.5. The van der Waals surface area contributed by atoms with E-state index in [-0.39, 0.29) is 29.6 Å². The van der Waals surface area contributed by atoms with Crippen molar-refractivity contribution in [2.75, 3.05) is 11.4 Å². The van der Waals surface area contributed by atoms with E-state index in [9.17, 15) is 25.1 Å². The van der Waals surface area contributed by atoms with Gasteiger partial charge >= 0.3 is 0 Å². The number of carbonyl (C=O) groups excluding carboxylic acids is 1. The number of phenolic OH excluding ortho intramolecular Hbond substituents is 1. The van der Waals surface area contributed by atoms with Crippen LogP contribution in [0.2, 0.25) is 5.02 Å². The van der Waals surface area contributed by atoms with E-state index in [1.807, 2.05) is 0 Å². The highest BCUT2D eigenvalue weighted by Gasteiger charge is 2.32. The normalized spacial score (nSPS) is 19.3. The molecule has 0 saturated carbocycles. The Kier molecular flexibility index (Phi) is 3.10. The molecule has 1 saturated heterocycles. The lowest BCUT2D eigenvalue weighted by atomic mass is 10.2. The van der Waals surface area contributed by atoms with Gasteiger partial charge in [0, 0.05) is 0 Å². The molecule has 1 amide bonds. The molecule has 18 heavy (non-hydrogen) atoms. The summed E-state index contributed by atoms with van der Waals surface area (Å²) in [6.07, 6.45) is -0.862. The fraction of sp³-hybridized carbons (Fsp3) is 0.300. The molecule has 1 aliphatic rings. The summed E-state index contributed by atoms with van der Waals surface area (Å²) in [6, 6.07) is 2.03. The average Bonchev–Trinajstić information content (AvgIpc) is 2.60. The van der Waals surface area contributed by atoms with E-state index in [0.29, 0.717) is 0 Å². The van der Waals surface area contributed by atoms with Gasteiger partial charge < -0.3 is 15.1 Å². The molecule has 0 spiro atoms. The van der Waals surface area contributed by atoms with Crippen LogP contribution in [-0.2, 0) is 4.79 Å². The van der Waals surface area contributed by atoms with E-state index in [1.54, 1.807) is 0 Å². The quantitative estimate of drug-likeness (QED) is 0.618. The summed E-state index contributed by atoms with van der Waals surface area (Å²) >= 11 is 5.71. The Morgan fingerprint density at radius 3 is 2.67 bits per heavy atom. The third-order valence-corrected chi connectivity index (χ3v) is 2.94. The van der Waals surface area contributed by atoms with Gasteiger partial charge in [-0.15, -0.1) is 0 Å². The molecule has 2 rings (SSSR count). The van der Waals surface area contributed by atoms with Gasteiger partial charge in [0.05, 0.1) is 35.7 Å². The molecule has 96 valence electrons. The molecule has 1 aromatic rings. The van der Waals surface area contributed by atoms with Crippen molar-refractivity contribution in [1.29, 1.82) is 0 Å². The van der Waals surface area contributed by atoms with Gasteiger partial charge in [-0.25, -0.2) is 0 Å². The molecule has 8 heteroatoms. The van der Waals surface area contributed by atoms with E-state index in [0.717, 1.165) is 17.0 Å². The minimum atomic E-state index is -0.814. The number of anilines is 1. The van der Waals surface area contributed by atoms with Crippen LogP contribution < -0.4 is 4.90 Å². The first kappa shape index (κ1) is 12.6. The van der Waals surface area contributed by atoms with Crippen molar-refractivity contribution in [1.82, 2.24) is 0 Å². The summed E-state index contributed by atoms with van der Waals surface area (Å²) in [5.74, 6) is -0.795. The fourth-order valence-electron chi connectivity index (χ4n) is 1.82. The highest BCUT2D eigenvalue weighted by molar-refractivity contribution is 6.33. The van der Waals surface area contributed by atoms with Crippen LogP contribution >= 0.6 is 11.6 Å². The van der Waals surface area contributed by atoms with E-state index >= 15 is 0 Å². The lowest BCUT2D eigenvalue weighted by Crippen LogP contribution is -2.25. The zero-order valence-corrected chi connectivity index (χ0v) is 9.79. The number of β-amino-alcohol motifs (C(OH)–C–C–N with tert-alkyl or cyclic N) is 1. The molecular formula is C10H9ClN2O5. The Morgan fingerprint density at radius 1 is 1.50 bits per heavy atom. The number of hydrogen-bond donors (Lipinski definition) is 2. The van der Waals surface area contributed by atoms with Gasteiger partial charge in [-0.1, -0.05) is 11.6 Å². The smallest absolute Gasteiger partial charge is 0.291 e. The van der Waals surface area contributed by atoms with Gasteiger partial charge in [0.15, 0.2) is 0 Å². The summed E-state index contributed by atoms with van der Waals surface area (Å²) in [7, 11) is 0. The van der Waals surface area contributed by atoms with Crippen LogP contribution in [0.15, 0.2) is 12.1 Å². The van der Waals surface area contributed by atoms with Crippen molar-refractivity contribution in [2.45, 2.75) is 12.5 Å². The van der Waals surface area contributed by atoms with Gasteiger partial charge in [0.1, 0.15) is 10.8 Å². The number of aliphatic hydroxyl groups excluding tert-OH is 1. The van der Waals surface area contributed by atoms with Crippen molar-refractivity contribution < 1.29 is 19.9 Å². The molecular weight excluding hydrogens is 264 g/mol. The number of aliphatic hydroxyl groups is 1. The number of phenols is 1. The molecule has 0 aliphatic carbocycles. The Bertz CT molecular complexity index is 533. The number of nitro groups is 1. The Labute approximate surface area is 106 Å². The zero-order valence-electron chi connectivity index (χ0n) is 9.04. The number of carbonyl (C=O) groups is 1. The summed E-state index contributed by atoms with van der Waals surface area (Å²) in [5, 5.41) is 29.5. The monoisotopic (exact) mass is 272 g/mol. The number of benzene rings is 1. The molecule has 1 fully saturated rings. The topological polar surface area (TPSA) is 104 Å². The first-order chi connectivity index (χ1) is 8.40. The summed E-state index contributed by atoms with van der Waals surface area (Å²) < 4.78 is 0. The van der Waals surface area contributed by atoms with Crippen LogP contribution in [0.25, 0.3) is 0 Å². The lowest BCUT2D eigenvalue weighted by molar-refractivity contribution is -0.384. The van der Waals surface area contributed by atoms with Crippen molar-refractivity contribution in [3.05, 3.63) is 27.3 Å². The van der Waals surface area contributed by atoms with E-state index < -0.39 is 22.5 Å². The maximum absolute atomic E-state index is 11.5. The number of nitrogens with zero attached hydrogens (tertiary/aromatic N) is 2. The molecule has 1 aromatic carbocycles. The molecule has 0 radical (unpaired) electrons. The van der Waals surface area contributed by atoms with Crippen LogP contribution in [0.4, 0.5) is 11.4 Å². The predicted octanol–water partition coefficient (Wildman–Crippen LogP) is 1.05. The molecule has 0 bridgehead atoms. The van der Waals surface area contributed by atoms with Crippen molar-refractivity contribution in [2.24, 2.45) is 0 Å². The van der Waals surface area contributed by atoms with Gasteiger partial charge in [0.2, 0.25) is 5.91 Å². The Hall–Kier alpha value is -1.86.